The van der Waals surface area contributed by atoms with Crippen molar-refractivity contribution in [2.45, 2.75) is 18.7 Å². The van der Waals surface area contributed by atoms with Gasteiger partial charge in [-0.1, -0.05) is 12.1 Å². The molecule has 0 fully saturated rings. The van der Waals surface area contributed by atoms with E-state index in [9.17, 15) is 12.8 Å². The SMILES string of the molecule is Cc1ccc(C)c(S(=O)(=O)Nc2ccc(F)c(Br)c2)c1N. The van der Waals surface area contributed by atoms with Crippen molar-refractivity contribution >= 4 is 37.3 Å². The van der Waals surface area contributed by atoms with Crippen LogP contribution >= 0.6 is 15.9 Å². The van der Waals surface area contributed by atoms with E-state index >= 15 is 0 Å². The number of anilines is 2. The van der Waals surface area contributed by atoms with Crippen molar-refractivity contribution in [2.75, 3.05) is 10.5 Å². The molecule has 0 spiro atoms. The number of sulfonamides is 1. The number of nitrogens with two attached hydrogens (primary N) is 1. The highest BCUT2D eigenvalue weighted by atomic mass is 79.9. The van der Waals surface area contributed by atoms with Gasteiger partial charge >= 0.3 is 0 Å². The molecule has 0 heterocycles. The Balaban J connectivity index is 2.48. The summed E-state index contributed by atoms with van der Waals surface area (Å²) in [7, 11) is -3.85. The molecule has 112 valence electrons. The lowest BCUT2D eigenvalue weighted by atomic mass is 10.1. The maximum Gasteiger partial charge on any atom is 0.264 e. The number of rotatable bonds is 3. The van der Waals surface area contributed by atoms with E-state index in [0.29, 0.717) is 11.1 Å². The summed E-state index contributed by atoms with van der Waals surface area (Å²) in [6.45, 7) is 3.41. The third-order valence-electron chi connectivity index (χ3n) is 3.05. The highest BCUT2D eigenvalue weighted by Gasteiger charge is 2.21. The Kier molecular flexibility index (Phi) is 4.25. The zero-order valence-electron chi connectivity index (χ0n) is 11.4. The smallest absolute Gasteiger partial charge is 0.264 e. The Labute approximate surface area is 131 Å². The lowest BCUT2D eigenvalue weighted by Crippen LogP contribution is -2.17. The van der Waals surface area contributed by atoms with Crippen molar-refractivity contribution in [3.63, 3.8) is 0 Å². The topological polar surface area (TPSA) is 72.2 Å². The number of nitrogens with one attached hydrogen (secondary N) is 1. The molecular formula is C14H14BrFN2O2S. The number of nitrogen functional groups attached to an aromatic ring is 1. The van der Waals surface area contributed by atoms with E-state index in [1.54, 1.807) is 26.0 Å². The first-order valence-electron chi connectivity index (χ1n) is 6.06. The van der Waals surface area contributed by atoms with Crippen LogP contribution in [-0.4, -0.2) is 8.42 Å². The van der Waals surface area contributed by atoms with E-state index < -0.39 is 15.8 Å². The van der Waals surface area contributed by atoms with Crippen LogP contribution in [0.5, 0.6) is 0 Å². The maximum absolute atomic E-state index is 13.2. The average Bonchev–Trinajstić information content (AvgIpc) is 2.38. The second kappa shape index (κ2) is 5.65. The van der Waals surface area contributed by atoms with Crippen molar-refractivity contribution in [3.05, 3.63) is 51.7 Å². The Morgan fingerprint density at radius 2 is 1.76 bits per heavy atom. The summed E-state index contributed by atoms with van der Waals surface area (Å²) in [5.74, 6) is -0.468. The molecule has 7 heteroatoms. The zero-order chi connectivity index (χ0) is 15.8. The van der Waals surface area contributed by atoms with Crippen LogP contribution in [0.2, 0.25) is 0 Å². The van der Waals surface area contributed by atoms with Gasteiger partial charge in [-0.2, -0.15) is 0 Å². The third-order valence-corrected chi connectivity index (χ3v) is 5.24. The summed E-state index contributed by atoms with van der Waals surface area (Å²) < 4.78 is 40.8. The third kappa shape index (κ3) is 3.19. The number of hydrogen-bond donors (Lipinski definition) is 2. The summed E-state index contributed by atoms with van der Waals surface area (Å²) in [5, 5.41) is 0. The number of hydrogen-bond acceptors (Lipinski definition) is 3. The molecule has 0 saturated carbocycles. The fourth-order valence-corrected chi connectivity index (χ4v) is 3.79. The summed E-state index contributed by atoms with van der Waals surface area (Å²) in [6.07, 6.45) is 0. The summed E-state index contributed by atoms with van der Waals surface area (Å²) in [4.78, 5) is 0.0444. The highest BCUT2D eigenvalue weighted by Crippen LogP contribution is 2.28. The molecule has 0 amide bonds. The lowest BCUT2D eigenvalue weighted by molar-refractivity contribution is 0.600. The molecule has 2 aromatic carbocycles. The Hall–Kier alpha value is -1.60. The van der Waals surface area contributed by atoms with Crippen LogP contribution in [-0.2, 0) is 10.0 Å². The predicted molar refractivity (Wildman–Crippen MR) is 85.2 cm³/mol. The van der Waals surface area contributed by atoms with Gasteiger partial charge in [0.05, 0.1) is 15.8 Å². The first kappa shape index (κ1) is 15.8. The molecular weight excluding hydrogens is 359 g/mol. The minimum Gasteiger partial charge on any atom is -0.397 e. The largest absolute Gasteiger partial charge is 0.397 e. The first-order valence-corrected chi connectivity index (χ1v) is 8.33. The van der Waals surface area contributed by atoms with E-state index in [2.05, 4.69) is 20.7 Å². The lowest BCUT2D eigenvalue weighted by Gasteiger charge is -2.14. The molecule has 0 radical (unpaired) electrons. The molecule has 21 heavy (non-hydrogen) atoms. The van der Waals surface area contributed by atoms with E-state index in [1.165, 1.54) is 18.2 Å². The van der Waals surface area contributed by atoms with Crippen molar-refractivity contribution in [2.24, 2.45) is 0 Å². The molecule has 0 bridgehead atoms. The molecule has 0 atom stereocenters. The van der Waals surface area contributed by atoms with Crippen molar-refractivity contribution in [3.8, 4) is 0 Å². The van der Waals surface area contributed by atoms with Gasteiger partial charge in [0.15, 0.2) is 0 Å². The molecule has 0 unspecified atom stereocenters. The normalized spacial score (nSPS) is 11.4. The average molecular weight is 373 g/mol. The van der Waals surface area contributed by atoms with Crippen LogP contribution in [0.3, 0.4) is 0 Å². The summed E-state index contributed by atoms with van der Waals surface area (Å²) >= 11 is 3.02. The van der Waals surface area contributed by atoms with Gasteiger partial charge in [-0.3, -0.25) is 4.72 Å². The van der Waals surface area contributed by atoms with Crippen molar-refractivity contribution < 1.29 is 12.8 Å². The first-order chi connectivity index (χ1) is 9.72. The summed E-state index contributed by atoms with van der Waals surface area (Å²) in [6, 6.07) is 7.33. The monoisotopic (exact) mass is 372 g/mol. The number of halogens is 2. The quantitative estimate of drug-likeness (QED) is 0.808. The van der Waals surface area contributed by atoms with Gasteiger partial charge in [0, 0.05) is 0 Å². The minimum atomic E-state index is -3.85. The molecule has 2 rings (SSSR count). The molecule has 3 N–H and O–H groups in total. The van der Waals surface area contributed by atoms with Gasteiger partial charge in [-0.15, -0.1) is 0 Å². The Bertz CT molecular complexity index is 807. The van der Waals surface area contributed by atoms with Gasteiger partial charge in [0.1, 0.15) is 10.7 Å². The molecule has 4 nitrogen and oxygen atoms in total. The van der Waals surface area contributed by atoms with E-state index in [1.807, 2.05) is 0 Å². The van der Waals surface area contributed by atoms with Crippen LogP contribution in [0.1, 0.15) is 11.1 Å². The minimum absolute atomic E-state index is 0.0444. The van der Waals surface area contributed by atoms with Crippen LogP contribution in [0.25, 0.3) is 0 Å². The highest BCUT2D eigenvalue weighted by molar-refractivity contribution is 9.10. The fraction of sp³-hybridized carbons (Fsp3) is 0.143. The maximum atomic E-state index is 13.2. The van der Waals surface area contributed by atoms with Crippen LogP contribution in [0.15, 0.2) is 39.7 Å². The van der Waals surface area contributed by atoms with Gasteiger partial charge in [0.25, 0.3) is 10.0 Å². The second-order valence-corrected chi connectivity index (χ2v) is 7.15. The van der Waals surface area contributed by atoms with E-state index in [4.69, 9.17) is 5.73 Å². The fourth-order valence-electron chi connectivity index (χ4n) is 1.93. The Morgan fingerprint density at radius 1 is 1.14 bits per heavy atom. The number of benzene rings is 2. The molecule has 0 aromatic heterocycles. The standard InChI is InChI=1S/C14H14BrFN2O2S/c1-8-3-4-9(2)14(13(8)17)21(19,20)18-10-5-6-12(16)11(15)7-10/h3-7,18H,17H2,1-2H3. The van der Waals surface area contributed by atoms with Gasteiger partial charge in [-0.25, -0.2) is 12.8 Å². The molecule has 0 aliphatic heterocycles. The molecule has 0 saturated heterocycles. The van der Waals surface area contributed by atoms with E-state index in [0.717, 1.165) is 0 Å². The van der Waals surface area contributed by atoms with Gasteiger partial charge in [-0.05, 0) is 59.1 Å². The molecule has 2 aromatic rings. The van der Waals surface area contributed by atoms with Crippen LogP contribution in [0, 0.1) is 19.7 Å². The zero-order valence-corrected chi connectivity index (χ0v) is 13.8. The number of aryl methyl sites for hydroxylation is 2. The molecule has 0 aliphatic carbocycles. The predicted octanol–water partition coefficient (Wildman–Crippen LogP) is 3.59. The van der Waals surface area contributed by atoms with E-state index in [-0.39, 0.29) is 20.7 Å². The molecule has 0 aliphatic rings. The van der Waals surface area contributed by atoms with Gasteiger partial charge in [0.2, 0.25) is 0 Å². The van der Waals surface area contributed by atoms with Crippen LogP contribution < -0.4 is 10.5 Å². The van der Waals surface area contributed by atoms with Crippen molar-refractivity contribution in [1.82, 2.24) is 0 Å². The summed E-state index contributed by atoms with van der Waals surface area (Å²) in [5.41, 5.74) is 7.58. The van der Waals surface area contributed by atoms with Crippen molar-refractivity contribution in [1.29, 1.82) is 0 Å². The van der Waals surface area contributed by atoms with Gasteiger partial charge < -0.3 is 5.73 Å². The second-order valence-electron chi connectivity index (χ2n) is 4.68. The Morgan fingerprint density at radius 3 is 2.38 bits per heavy atom. The van der Waals surface area contributed by atoms with Crippen LogP contribution in [0.4, 0.5) is 15.8 Å².